The second kappa shape index (κ2) is 3.36. The lowest BCUT2D eigenvalue weighted by Gasteiger charge is -2.09. The summed E-state index contributed by atoms with van der Waals surface area (Å²) in [5.41, 5.74) is 5.82. The second-order valence-electron chi connectivity index (χ2n) is 3.03. The highest BCUT2D eigenvalue weighted by molar-refractivity contribution is 5.54. The third-order valence-corrected chi connectivity index (χ3v) is 2.08. The predicted octanol–water partition coefficient (Wildman–Crippen LogP) is 0.113. The molecule has 1 atom stereocenters. The van der Waals surface area contributed by atoms with Gasteiger partial charge < -0.3 is 25.4 Å². The van der Waals surface area contributed by atoms with E-state index in [1.165, 1.54) is 6.07 Å². The zero-order chi connectivity index (χ0) is 10.1. The van der Waals surface area contributed by atoms with Crippen LogP contribution in [0.2, 0.25) is 0 Å². The highest BCUT2D eigenvalue weighted by Crippen LogP contribution is 2.42. The molecule has 0 amide bonds. The van der Waals surface area contributed by atoms with Gasteiger partial charge in [0.05, 0.1) is 6.10 Å². The van der Waals surface area contributed by atoms with Crippen molar-refractivity contribution in [1.82, 2.24) is 0 Å². The molecule has 14 heavy (non-hydrogen) atoms. The van der Waals surface area contributed by atoms with Crippen LogP contribution in [-0.2, 0) is 0 Å². The smallest absolute Gasteiger partial charge is 0.231 e. The molecule has 1 aliphatic rings. The van der Waals surface area contributed by atoms with Crippen molar-refractivity contribution in [3.05, 3.63) is 17.7 Å². The molecule has 0 fully saturated rings. The normalized spacial score (nSPS) is 15.6. The fraction of sp³-hybridized carbons (Fsp3) is 0.333. The summed E-state index contributed by atoms with van der Waals surface area (Å²) in [4.78, 5) is 0. The lowest BCUT2D eigenvalue weighted by molar-refractivity contribution is 0.171. The Morgan fingerprint density at radius 1 is 1.43 bits per heavy atom. The summed E-state index contributed by atoms with van der Waals surface area (Å²) in [6, 6.07) is 3.03. The first-order valence-corrected chi connectivity index (χ1v) is 4.23. The Kier molecular flexibility index (Phi) is 2.18. The number of rotatable bonds is 2. The molecule has 0 aliphatic carbocycles. The number of hydrogen-bond acceptors (Lipinski definition) is 5. The van der Waals surface area contributed by atoms with Crippen molar-refractivity contribution < 1.29 is 19.7 Å². The monoisotopic (exact) mass is 197 g/mol. The van der Waals surface area contributed by atoms with E-state index in [9.17, 15) is 10.2 Å². The number of fused-ring (bicyclic) bond motifs is 1. The third-order valence-electron chi connectivity index (χ3n) is 2.08. The van der Waals surface area contributed by atoms with Crippen molar-refractivity contribution in [3.63, 3.8) is 0 Å². The van der Waals surface area contributed by atoms with Gasteiger partial charge in [0.1, 0.15) is 0 Å². The maximum Gasteiger partial charge on any atom is 0.231 e. The lowest BCUT2D eigenvalue weighted by atomic mass is 10.1. The van der Waals surface area contributed by atoms with E-state index in [4.69, 9.17) is 15.2 Å². The Balaban J connectivity index is 2.41. The number of hydrogen-bond donors (Lipinski definition) is 3. The fourth-order valence-corrected chi connectivity index (χ4v) is 1.34. The molecular formula is C9H11NO4. The Hall–Kier alpha value is -1.46. The van der Waals surface area contributed by atoms with E-state index in [2.05, 4.69) is 0 Å². The Morgan fingerprint density at radius 2 is 2.21 bits per heavy atom. The van der Waals surface area contributed by atoms with E-state index in [0.29, 0.717) is 17.1 Å². The number of phenolic OH excluding ortho intramolecular Hbond substituents is 1. The van der Waals surface area contributed by atoms with Gasteiger partial charge in [-0.3, -0.25) is 0 Å². The maximum absolute atomic E-state index is 9.50. The van der Waals surface area contributed by atoms with Crippen molar-refractivity contribution in [2.24, 2.45) is 5.73 Å². The zero-order valence-electron chi connectivity index (χ0n) is 7.43. The SMILES string of the molecule is NCC(O)c1cc(O)c2c(c1)OCO2. The van der Waals surface area contributed by atoms with Crippen molar-refractivity contribution >= 4 is 0 Å². The molecule has 0 aromatic heterocycles. The average Bonchev–Trinajstić information content (AvgIpc) is 2.64. The van der Waals surface area contributed by atoms with Gasteiger partial charge in [0.15, 0.2) is 11.5 Å². The average molecular weight is 197 g/mol. The van der Waals surface area contributed by atoms with Crippen LogP contribution >= 0.6 is 0 Å². The van der Waals surface area contributed by atoms with Gasteiger partial charge in [-0.15, -0.1) is 0 Å². The summed E-state index contributed by atoms with van der Waals surface area (Å²) < 4.78 is 10.1. The molecule has 1 aromatic rings. The molecule has 0 bridgehead atoms. The highest BCUT2D eigenvalue weighted by atomic mass is 16.7. The van der Waals surface area contributed by atoms with Crippen LogP contribution in [0.25, 0.3) is 0 Å². The summed E-state index contributed by atoms with van der Waals surface area (Å²) in [5.74, 6) is 0.716. The molecule has 76 valence electrons. The minimum Gasteiger partial charge on any atom is -0.504 e. The molecule has 1 heterocycles. The number of ether oxygens (including phenoxy) is 2. The molecule has 5 heteroatoms. The van der Waals surface area contributed by atoms with E-state index in [0.717, 1.165) is 0 Å². The molecule has 0 radical (unpaired) electrons. The summed E-state index contributed by atoms with van der Waals surface area (Å²) in [6.45, 7) is 0.185. The van der Waals surface area contributed by atoms with Crippen LogP contribution in [0.5, 0.6) is 17.2 Å². The molecule has 0 saturated heterocycles. The van der Waals surface area contributed by atoms with Gasteiger partial charge in [0, 0.05) is 6.54 Å². The predicted molar refractivity (Wildman–Crippen MR) is 48.2 cm³/mol. The number of phenols is 1. The zero-order valence-corrected chi connectivity index (χ0v) is 7.43. The Morgan fingerprint density at radius 3 is 2.93 bits per heavy atom. The van der Waals surface area contributed by atoms with Crippen molar-refractivity contribution in [3.8, 4) is 17.2 Å². The van der Waals surface area contributed by atoms with E-state index in [1.54, 1.807) is 6.07 Å². The molecule has 0 spiro atoms. The number of aromatic hydroxyl groups is 1. The Bertz CT molecular complexity index is 353. The number of aliphatic hydroxyl groups excluding tert-OH is 1. The summed E-state index contributed by atoms with van der Waals surface area (Å²) in [5, 5.41) is 19.0. The fourth-order valence-electron chi connectivity index (χ4n) is 1.34. The van der Waals surface area contributed by atoms with Crippen molar-refractivity contribution in [1.29, 1.82) is 0 Å². The second-order valence-corrected chi connectivity index (χ2v) is 3.03. The van der Waals surface area contributed by atoms with Crippen molar-refractivity contribution in [2.75, 3.05) is 13.3 Å². The van der Waals surface area contributed by atoms with E-state index < -0.39 is 6.10 Å². The van der Waals surface area contributed by atoms with Crippen molar-refractivity contribution in [2.45, 2.75) is 6.10 Å². The lowest BCUT2D eigenvalue weighted by Crippen LogP contribution is -2.11. The van der Waals surface area contributed by atoms with Crippen LogP contribution in [0, 0.1) is 0 Å². The van der Waals surface area contributed by atoms with Gasteiger partial charge in [-0.05, 0) is 17.7 Å². The summed E-state index contributed by atoms with van der Waals surface area (Å²) >= 11 is 0. The summed E-state index contributed by atoms with van der Waals surface area (Å²) in [7, 11) is 0. The number of aliphatic hydroxyl groups is 1. The Labute approximate surface area is 80.7 Å². The van der Waals surface area contributed by atoms with E-state index in [1.807, 2.05) is 0 Å². The molecular weight excluding hydrogens is 186 g/mol. The van der Waals surface area contributed by atoms with E-state index >= 15 is 0 Å². The highest BCUT2D eigenvalue weighted by Gasteiger charge is 2.20. The van der Waals surface area contributed by atoms with Gasteiger partial charge in [0.25, 0.3) is 0 Å². The molecule has 0 saturated carbocycles. The minimum atomic E-state index is -0.796. The summed E-state index contributed by atoms with van der Waals surface area (Å²) in [6.07, 6.45) is -0.796. The molecule has 4 N–H and O–H groups in total. The first-order chi connectivity index (χ1) is 6.72. The standard InChI is InChI=1S/C9H11NO4/c10-3-7(12)5-1-6(11)9-8(2-5)13-4-14-9/h1-2,7,11-12H,3-4,10H2. The van der Waals surface area contributed by atoms with Gasteiger partial charge in [-0.25, -0.2) is 0 Å². The molecule has 1 unspecified atom stereocenters. The van der Waals surface area contributed by atoms with Gasteiger partial charge >= 0.3 is 0 Å². The van der Waals surface area contributed by atoms with Crippen LogP contribution in [0.4, 0.5) is 0 Å². The first kappa shape index (κ1) is 9.11. The molecule has 1 aliphatic heterocycles. The maximum atomic E-state index is 9.50. The number of benzene rings is 1. The molecule has 1 aromatic carbocycles. The van der Waals surface area contributed by atoms with Crippen LogP contribution in [0.1, 0.15) is 11.7 Å². The van der Waals surface area contributed by atoms with Gasteiger partial charge in [-0.2, -0.15) is 0 Å². The minimum absolute atomic E-state index is 0.0394. The quantitative estimate of drug-likeness (QED) is 0.626. The van der Waals surface area contributed by atoms with Gasteiger partial charge in [0.2, 0.25) is 12.5 Å². The topological polar surface area (TPSA) is 84.9 Å². The van der Waals surface area contributed by atoms with Crippen LogP contribution < -0.4 is 15.2 Å². The number of nitrogens with two attached hydrogens (primary N) is 1. The van der Waals surface area contributed by atoms with Crippen LogP contribution in [0.15, 0.2) is 12.1 Å². The van der Waals surface area contributed by atoms with Gasteiger partial charge in [-0.1, -0.05) is 0 Å². The van der Waals surface area contributed by atoms with Crippen LogP contribution in [-0.4, -0.2) is 23.6 Å². The first-order valence-electron chi connectivity index (χ1n) is 4.23. The van der Waals surface area contributed by atoms with Crippen LogP contribution in [0.3, 0.4) is 0 Å². The molecule has 2 rings (SSSR count). The molecule has 5 nitrogen and oxygen atoms in total. The largest absolute Gasteiger partial charge is 0.504 e. The third kappa shape index (κ3) is 1.36. The van der Waals surface area contributed by atoms with E-state index in [-0.39, 0.29) is 19.1 Å².